The lowest BCUT2D eigenvalue weighted by Gasteiger charge is -2.04. The van der Waals surface area contributed by atoms with E-state index in [1.807, 2.05) is 0 Å². The fourth-order valence-electron chi connectivity index (χ4n) is 1.72. The Balaban J connectivity index is 2.30. The molecule has 0 spiro atoms. The molecule has 0 aliphatic heterocycles. The first kappa shape index (κ1) is 13.1. The average Bonchev–Trinajstić information content (AvgIpc) is 2.56. The fraction of sp³-hybridized carbons (Fsp3) is 0.250. The first-order valence-corrected chi connectivity index (χ1v) is 6.07. The van der Waals surface area contributed by atoms with Gasteiger partial charge in [-0.3, -0.25) is 14.5 Å². The standard InChI is InChI=1S/C12H11Cl2N3O/c1-7-12(14)10(17(2)16-7)5-11(18)8-3-4-15-6-9(8)13/h3-4,6H,5H2,1-2H3. The van der Waals surface area contributed by atoms with Crippen LogP contribution in [0.3, 0.4) is 0 Å². The Morgan fingerprint density at radius 1 is 1.44 bits per heavy atom. The van der Waals surface area contributed by atoms with Crippen molar-refractivity contribution in [1.82, 2.24) is 14.8 Å². The number of hydrogen-bond acceptors (Lipinski definition) is 3. The fourth-order valence-corrected chi connectivity index (χ4v) is 2.17. The zero-order valence-electron chi connectivity index (χ0n) is 9.94. The third-order valence-electron chi connectivity index (χ3n) is 2.66. The molecule has 6 heteroatoms. The summed E-state index contributed by atoms with van der Waals surface area (Å²) < 4.78 is 1.62. The molecule has 94 valence electrons. The summed E-state index contributed by atoms with van der Waals surface area (Å²) in [5.41, 5.74) is 1.84. The number of rotatable bonds is 3. The van der Waals surface area contributed by atoms with Crippen molar-refractivity contribution in [3.63, 3.8) is 0 Å². The second-order valence-corrected chi connectivity index (χ2v) is 4.71. The van der Waals surface area contributed by atoms with Crippen molar-refractivity contribution in [3.8, 4) is 0 Å². The molecule has 0 aliphatic rings. The van der Waals surface area contributed by atoms with Crippen LogP contribution in [0.25, 0.3) is 0 Å². The predicted molar refractivity (Wildman–Crippen MR) is 70.2 cm³/mol. The number of hydrogen-bond donors (Lipinski definition) is 0. The topological polar surface area (TPSA) is 47.8 Å². The molecule has 2 aromatic heterocycles. The van der Waals surface area contributed by atoms with Crippen LogP contribution in [0.15, 0.2) is 18.5 Å². The highest BCUT2D eigenvalue weighted by Gasteiger charge is 2.17. The van der Waals surface area contributed by atoms with Crippen molar-refractivity contribution >= 4 is 29.0 Å². The average molecular weight is 284 g/mol. The number of carbonyl (C=O) groups excluding carboxylic acids is 1. The van der Waals surface area contributed by atoms with Crippen LogP contribution in [-0.2, 0) is 13.5 Å². The van der Waals surface area contributed by atoms with Crippen molar-refractivity contribution in [2.24, 2.45) is 7.05 Å². The van der Waals surface area contributed by atoms with Gasteiger partial charge in [-0.25, -0.2) is 0 Å². The van der Waals surface area contributed by atoms with Crippen molar-refractivity contribution in [1.29, 1.82) is 0 Å². The van der Waals surface area contributed by atoms with Gasteiger partial charge in [0.1, 0.15) is 0 Å². The minimum atomic E-state index is -0.104. The second kappa shape index (κ2) is 5.08. The van der Waals surface area contributed by atoms with E-state index in [2.05, 4.69) is 10.1 Å². The zero-order chi connectivity index (χ0) is 13.3. The Kier molecular flexibility index (Phi) is 3.68. The molecule has 4 nitrogen and oxygen atoms in total. The Bertz CT molecular complexity index is 607. The minimum Gasteiger partial charge on any atom is -0.294 e. The molecule has 0 aromatic carbocycles. The molecule has 0 unspecified atom stereocenters. The van der Waals surface area contributed by atoms with Crippen LogP contribution in [0, 0.1) is 6.92 Å². The van der Waals surface area contributed by atoms with Gasteiger partial charge in [0.25, 0.3) is 0 Å². The van der Waals surface area contributed by atoms with Crippen LogP contribution in [0.2, 0.25) is 10.0 Å². The maximum absolute atomic E-state index is 12.1. The third kappa shape index (κ3) is 2.40. The summed E-state index contributed by atoms with van der Waals surface area (Å²) in [7, 11) is 1.76. The lowest BCUT2D eigenvalue weighted by Crippen LogP contribution is -2.09. The van der Waals surface area contributed by atoms with Gasteiger partial charge in [0.15, 0.2) is 5.78 Å². The normalized spacial score (nSPS) is 10.7. The Labute approximate surface area is 115 Å². The van der Waals surface area contributed by atoms with Gasteiger partial charge in [-0.1, -0.05) is 23.2 Å². The summed E-state index contributed by atoms with van der Waals surface area (Å²) in [6.07, 6.45) is 3.15. The van der Waals surface area contributed by atoms with E-state index in [0.717, 1.165) is 0 Å². The highest BCUT2D eigenvalue weighted by molar-refractivity contribution is 6.34. The molecule has 18 heavy (non-hydrogen) atoms. The van der Waals surface area contributed by atoms with Crippen molar-refractivity contribution in [2.75, 3.05) is 0 Å². The Hall–Kier alpha value is -1.39. The van der Waals surface area contributed by atoms with Gasteiger partial charge in [0.05, 0.1) is 27.9 Å². The Morgan fingerprint density at radius 3 is 2.72 bits per heavy atom. The zero-order valence-corrected chi connectivity index (χ0v) is 11.5. The van der Waals surface area contributed by atoms with E-state index in [-0.39, 0.29) is 12.2 Å². The van der Waals surface area contributed by atoms with Gasteiger partial charge in [-0.15, -0.1) is 0 Å². The molecule has 0 amide bonds. The first-order chi connectivity index (χ1) is 8.50. The molecule has 0 atom stereocenters. The summed E-state index contributed by atoms with van der Waals surface area (Å²) in [6.45, 7) is 1.80. The summed E-state index contributed by atoms with van der Waals surface area (Å²) in [4.78, 5) is 16.0. The number of pyridine rings is 1. The molecule has 0 N–H and O–H groups in total. The van der Waals surface area contributed by atoms with E-state index < -0.39 is 0 Å². The van der Waals surface area contributed by atoms with Gasteiger partial charge >= 0.3 is 0 Å². The highest BCUT2D eigenvalue weighted by atomic mass is 35.5. The smallest absolute Gasteiger partial charge is 0.170 e. The molecule has 0 saturated carbocycles. The number of aromatic nitrogens is 3. The van der Waals surface area contributed by atoms with Gasteiger partial charge in [0.2, 0.25) is 0 Å². The predicted octanol–water partition coefficient (Wildman–Crippen LogP) is 2.86. The number of halogens is 2. The maximum Gasteiger partial charge on any atom is 0.170 e. The van der Waals surface area contributed by atoms with E-state index in [4.69, 9.17) is 23.2 Å². The largest absolute Gasteiger partial charge is 0.294 e. The van der Waals surface area contributed by atoms with Crippen molar-refractivity contribution < 1.29 is 4.79 Å². The number of nitrogens with zero attached hydrogens (tertiary/aromatic N) is 3. The third-order valence-corrected chi connectivity index (χ3v) is 3.46. The lowest BCUT2D eigenvalue weighted by molar-refractivity contribution is 0.0991. The van der Waals surface area contributed by atoms with Crippen LogP contribution in [0.1, 0.15) is 21.7 Å². The molecule has 0 radical (unpaired) electrons. The van der Waals surface area contributed by atoms with Crippen LogP contribution >= 0.6 is 23.2 Å². The molecule has 0 aliphatic carbocycles. The summed E-state index contributed by atoms with van der Waals surface area (Å²) in [5.74, 6) is -0.104. The minimum absolute atomic E-state index is 0.104. The SMILES string of the molecule is Cc1nn(C)c(CC(=O)c2ccncc2Cl)c1Cl. The second-order valence-electron chi connectivity index (χ2n) is 3.93. The van der Waals surface area contributed by atoms with Crippen LogP contribution in [-0.4, -0.2) is 20.5 Å². The molecular formula is C12H11Cl2N3O. The Morgan fingerprint density at radius 2 is 2.17 bits per heavy atom. The molecule has 0 fully saturated rings. The van der Waals surface area contributed by atoms with Gasteiger partial charge in [-0.05, 0) is 13.0 Å². The number of ketones is 1. The lowest BCUT2D eigenvalue weighted by atomic mass is 10.1. The molecule has 2 heterocycles. The maximum atomic E-state index is 12.1. The van der Waals surface area contributed by atoms with E-state index in [9.17, 15) is 4.79 Å². The van der Waals surface area contributed by atoms with Crippen LogP contribution in [0.4, 0.5) is 0 Å². The molecule has 0 bridgehead atoms. The van der Waals surface area contributed by atoms with E-state index in [0.29, 0.717) is 27.0 Å². The molecule has 2 rings (SSSR count). The van der Waals surface area contributed by atoms with E-state index >= 15 is 0 Å². The quantitative estimate of drug-likeness (QED) is 0.814. The summed E-state index contributed by atoms with van der Waals surface area (Å²) in [5, 5.41) is 5.04. The van der Waals surface area contributed by atoms with E-state index in [1.54, 1.807) is 24.7 Å². The summed E-state index contributed by atoms with van der Waals surface area (Å²) in [6, 6.07) is 1.60. The van der Waals surface area contributed by atoms with Gasteiger partial charge in [0, 0.05) is 25.0 Å². The van der Waals surface area contributed by atoms with Gasteiger partial charge in [-0.2, -0.15) is 5.10 Å². The number of carbonyl (C=O) groups is 1. The summed E-state index contributed by atoms with van der Waals surface area (Å²) >= 11 is 12.0. The molecular weight excluding hydrogens is 273 g/mol. The first-order valence-electron chi connectivity index (χ1n) is 5.31. The van der Waals surface area contributed by atoms with Crippen molar-refractivity contribution in [2.45, 2.75) is 13.3 Å². The number of aryl methyl sites for hydroxylation is 2. The van der Waals surface area contributed by atoms with Gasteiger partial charge < -0.3 is 0 Å². The number of Topliss-reactive ketones (excluding diaryl/α,β-unsaturated/α-hetero) is 1. The monoisotopic (exact) mass is 283 g/mol. The molecule has 2 aromatic rings. The van der Waals surface area contributed by atoms with Crippen LogP contribution < -0.4 is 0 Å². The van der Waals surface area contributed by atoms with E-state index in [1.165, 1.54) is 12.4 Å². The highest BCUT2D eigenvalue weighted by Crippen LogP contribution is 2.22. The van der Waals surface area contributed by atoms with Crippen molar-refractivity contribution in [3.05, 3.63) is 45.5 Å². The molecule has 0 saturated heterocycles. The van der Waals surface area contributed by atoms with Crippen LogP contribution in [0.5, 0.6) is 0 Å².